The standard InChI is InChI=1S/C12H14BrN3O2/c13-7-1-4-10(14)9(5-7)12(18)15-6-11(17)16-8-2-3-8/h1,4-5,8H,2-3,6,14H2,(H,15,18)(H,16,17). The molecule has 1 aliphatic carbocycles. The van der Waals surface area contributed by atoms with Gasteiger partial charge in [0.15, 0.2) is 0 Å². The largest absolute Gasteiger partial charge is 0.398 e. The number of hydrogen-bond donors (Lipinski definition) is 3. The van der Waals surface area contributed by atoms with Gasteiger partial charge >= 0.3 is 0 Å². The van der Waals surface area contributed by atoms with Crippen LogP contribution in [0.4, 0.5) is 5.69 Å². The normalized spacial score (nSPS) is 14.1. The molecule has 4 N–H and O–H groups in total. The molecule has 96 valence electrons. The topological polar surface area (TPSA) is 84.2 Å². The van der Waals surface area contributed by atoms with Crippen LogP contribution in [0.15, 0.2) is 22.7 Å². The van der Waals surface area contributed by atoms with Gasteiger partial charge in [-0.15, -0.1) is 0 Å². The molecule has 6 heteroatoms. The minimum Gasteiger partial charge on any atom is -0.398 e. The summed E-state index contributed by atoms with van der Waals surface area (Å²) >= 11 is 3.27. The molecule has 0 aromatic heterocycles. The highest BCUT2D eigenvalue weighted by molar-refractivity contribution is 9.10. The number of amides is 2. The van der Waals surface area contributed by atoms with Crippen LogP contribution in [0.2, 0.25) is 0 Å². The third-order valence-corrected chi connectivity index (χ3v) is 3.11. The summed E-state index contributed by atoms with van der Waals surface area (Å²) in [6.07, 6.45) is 2.05. The van der Waals surface area contributed by atoms with Gasteiger partial charge in [-0.25, -0.2) is 0 Å². The third-order valence-electron chi connectivity index (χ3n) is 2.61. The number of halogens is 1. The lowest BCUT2D eigenvalue weighted by molar-refractivity contribution is -0.120. The summed E-state index contributed by atoms with van der Waals surface area (Å²) in [5.41, 5.74) is 6.46. The summed E-state index contributed by atoms with van der Waals surface area (Å²) in [4.78, 5) is 23.2. The second-order valence-corrected chi connectivity index (χ2v) is 5.17. The Morgan fingerprint density at radius 2 is 2.11 bits per heavy atom. The quantitative estimate of drug-likeness (QED) is 0.726. The van der Waals surface area contributed by atoms with Crippen molar-refractivity contribution >= 4 is 33.4 Å². The molecule has 1 fully saturated rings. The summed E-state index contributed by atoms with van der Waals surface area (Å²) in [6, 6.07) is 5.32. The summed E-state index contributed by atoms with van der Waals surface area (Å²) in [7, 11) is 0. The van der Waals surface area contributed by atoms with Gasteiger partial charge in [0.1, 0.15) is 0 Å². The lowest BCUT2D eigenvalue weighted by atomic mass is 10.1. The molecule has 0 aliphatic heterocycles. The predicted octanol–water partition coefficient (Wildman–Crippen LogP) is 1.04. The zero-order chi connectivity index (χ0) is 13.1. The van der Waals surface area contributed by atoms with Crippen LogP contribution in [-0.2, 0) is 4.79 Å². The Labute approximate surface area is 113 Å². The van der Waals surface area contributed by atoms with Crippen molar-refractivity contribution < 1.29 is 9.59 Å². The average Bonchev–Trinajstić information content (AvgIpc) is 3.13. The van der Waals surface area contributed by atoms with Gasteiger partial charge in [0.25, 0.3) is 5.91 Å². The second-order valence-electron chi connectivity index (χ2n) is 4.26. The molecule has 0 unspecified atom stereocenters. The first-order chi connectivity index (χ1) is 8.56. The van der Waals surface area contributed by atoms with Crippen molar-refractivity contribution in [2.75, 3.05) is 12.3 Å². The van der Waals surface area contributed by atoms with E-state index in [1.165, 1.54) is 0 Å². The van der Waals surface area contributed by atoms with Gasteiger partial charge in [0, 0.05) is 16.2 Å². The number of nitrogens with two attached hydrogens (primary N) is 1. The van der Waals surface area contributed by atoms with Crippen molar-refractivity contribution in [1.29, 1.82) is 0 Å². The number of nitrogen functional groups attached to an aromatic ring is 1. The maximum Gasteiger partial charge on any atom is 0.253 e. The van der Waals surface area contributed by atoms with Crippen LogP contribution in [0, 0.1) is 0 Å². The van der Waals surface area contributed by atoms with Gasteiger partial charge in [-0.1, -0.05) is 15.9 Å². The van der Waals surface area contributed by atoms with E-state index in [0.29, 0.717) is 17.3 Å². The molecule has 2 amide bonds. The molecule has 0 radical (unpaired) electrons. The van der Waals surface area contributed by atoms with Crippen LogP contribution in [0.5, 0.6) is 0 Å². The maximum absolute atomic E-state index is 11.8. The van der Waals surface area contributed by atoms with Crippen molar-refractivity contribution in [2.24, 2.45) is 0 Å². The molecular weight excluding hydrogens is 298 g/mol. The van der Waals surface area contributed by atoms with E-state index in [9.17, 15) is 9.59 Å². The van der Waals surface area contributed by atoms with E-state index in [1.54, 1.807) is 18.2 Å². The van der Waals surface area contributed by atoms with Gasteiger partial charge in [0.05, 0.1) is 12.1 Å². The SMILES string of the molecule is Nc1ccc(Br)cc1C(=O)NCC(=O)NC1CC1. The molecule has 0 bridgehead atoms. The van der Waals surface area contributed by atoms with Gasteiger partial charge in [-0.05, 0) is 31.0 Å². The van der Waals surface area contributed by atoms with Crippen molar-refractivity contribution in [1.82, 2.24) is 10.6 Å². The first-order valence-electron chi connectivity index (χ1n) is 5.69. The van der Waals surface area contributed by atoms with Crippen LogP contribution >= 0.6 is 15.9 Å². The lowest BCUT2D eigenvalue weighted by Gasteiger charge is -2.08. The van der Waals surface area contributed by atoms with E-state index in [4.69, 9.17) is 5.73 Å². The number of hydrogen-bond acceptors (Lipinski definition) is 3. The third kappa shape index (κ3) is 3.46. The molecule has 1 aliphatic rings. The Hall–Kier alpha value is -1.56. The first kappa shape index (κ1) is 12.9. The predicted molar refractivity (Wildman–Crippen MR) is 72.1 cm³/mol. The smallest absolute Gasteiger partial charge is 0.253 e. The van der Waals surface area contributed by atoms with Gasteiger partial charge in [0.2, 0.25) is 5.91 Å². The number of carbonyl (C=O) groups is 2. The zero-order valence-corrected chi connectivity index (χ0v) is 11.3. The van der Waals surface area contributed by atoms with Crippen LogP contribution in [0.3, 0.4) is 0 Å². The van der Waals surface area contributed by atoms with E-state index in [0.717, 1.165) is 17.3 Å². The number of anilines is 1. The number of rotatable bonds is 4. The summed E-state index contributed by atoms with van der Waals surface area (Å²) < 4.78 is 0.768. The van der Waals surface area contributed by atoms with Gasteiger partial charge < -0.3 is 16.4 Å². The second kappa shape index (κ2) is 5.39. The number of benzene rings is 1. The summed E-state index contributed by atoms with van der Waals surface area (Å²) in [5.74, 6) is -0.515. The average molecular weight is 312 g/mol. The van der Waals surface area contributed by atoms with Crippen molar-refractivity contribution in [3.8, 4) is 0 Å². The molecular formula is C12H14BrN3O2. The molecule has 1 aromatic rings. The van der Waals surface area contributed by atoms with E-state index in [-0.39, 0.29) is 18.4 Å². The highest BCUT2D eigenvalue weighted by Crippen LogP contribution is 2.19. The first-order valence-corrected chi connectivity index (χ1v) is 6.48. The molecule has 1 aromatic carbocycles. The van der Waals surface area contributed by atoms with E-state index in [1.807, 2.05) is 0 Å². The Bertz CT molecular complexity index is 486. The lowest BCUT2D eigenvalue weighted by Crippen LogP contribution is -2.38. The van der Waals surface area contributed by atoms with Crippen molar-refractivity contribution in [2.45, 2.75) is 18.9 Å². The molecule has 1 saturated carbocycles. The fraction of sp³-hybridized carbons (Fsp3) is 0.333. The van der Waals surface area contributed by atoms with Crippen LogP contribution in [0.1, 0.15) is 23.2 Å². The molecule has 0 atom stereocenters. The van der Waals surface area contributed by atoms with Crippen LogP contribution < -0.4 is 16.4 Å². The molecule has 0 spiro atoms. The Morgan fingerprint density at radius 3 is 2.78 bits per heavy atom. The summed E-state index contributed by atoms with van der Waals surface area (Å²) in [5, 5.41) is 5.34. The van der Waals surface area contributed by atoms with E-state index >= 15 is 0 Å². The Morgan fingerprint density at radius 1 is 1.39 bits per heavy atom. The number of carbonyl (C=O) groups excluding carboxylic acids is 2. The van der Waals surface area contributed by atoms with E-state index < -0.39 is 0 Å². The minimum absolute atomic E-state index is 0.0265. The monoisotopic (exact) mass is 311 g/mol. The Kier molecular flexibility index (Phi) is 3.86. The van der Waals surface area contributed by atoms with Gasteiger partial charge in [-0.3, -0.25) is 9.59 Å². The highest BCUT2D eigenvalue weighted by Gasteiger charge is 2.23. The van der Waals surface area contributed by atoms with Gasteiger partial charge in [-0.2, -0.15) is 0 Å². The van der Waals surface area contributed by atoms with Crippen LogP contribution in [-0.4, -0.2) is 24.4 Å². The molecule has 0 saturated heterocycles. The molecule has 0 heterocycles. The summed E-state index contributed by atoms with van der Waals surface area (Å²) in [6.45, 7) is -0.0265. The van der Waals surface area contributed by atoms with Crippen molar-refractivity contribution in [3.05, 3.63) is 28.2 Å². The zero-order valence-electron chi connectivity index (χ0n) is 9.70. The number of nitrogens with one attached hydrogen (secondary N) is 2. The minimum atomic E-state index is -0.347. The Balaban J connectivity index is 1.90. The van der Waals surface area contributed by atoms with Crippen LogP contribution in [0.25, 0.3) is 0 Å². The molecule has 18 heavy (non-hydrogen) atoms. The molecule has 5 nitrogen and oxygen atoms in total. The van der Waals surface area contributed by atoms with Crippen molar-refractivity contribution in [3.63, 3.8) is 0 Å². The highest BCUT2D eigenvalue weighted by atomic mass is 79.9. The molecule has 2 rings (SSSR count). The van der Waals surface area contributed by atoms with E-state index in [2.05, 4.69) is 26.6 Å². The fourth-order valence-corrected chi connectivity index (χ4v) is 1.85. The fourth-order valence-electron chi connectivity index (χ4n) is 1.49. The maximum atomic E-state index is 11.8.